The van der Waals surface area contributed by atoms with Crippen molar-refractivity contribution in [2.45, 2.75) is 445 Å². The Morgan fingerprint density at radius 3 is 0.680 bits per heavy atom. The molecule has 3 N–H and O–H groups in total. The Morgan fingerprint density at radius 2 is 0.460 bits per heavy atom. The van der Waals surface area contributed by atoms with Crippen LogP contribution >= 0.6 is 15.6 Å². The van der Waals surface area contributed by atoms with Gasteiger partial charge in [0.15, 0.2) is 12.2 Å². The second kappa shape index (κ2) is 72.6. The van der Waals surface area contributed by atoms with Gasteiger partial charge in [0.2, 0.25) is 0 Å². The summed E-state index contributed by atoms with van der Waals surface area (Å²) in [6, 6.07) is 0. The number of carbonyl (C=O) groups is 4. The first-order chi connectivity index (χ1) is 48.4. The van der Waals surface area contributed by atoms with Gasteiger partial charge in [-0.05, 0) is 37.5 Å². The number of hydrogen-bond donors (Lipinski definition) is 3. The zero-order chi connectivity index (χ0) is 73.5. The second-order valence-corrected chi connectivity index (χ2v) is 33.0. The molecule has 0 aromatic rings. The van der Waals surface area contributed by atoms with Gasteiger partial charge in [0, 0.05) is 25.7 Å². The van der Waals surface area contributed by atoms with Crippen molar-refractivity contribution in [3.8, 4) is 0 Å². The molecule has 100 heavy (non-hydrogen) atoms. The van der Waals surface area contributed by atoms with Gasteiger partial charge in [0.05, 0.1) is 26.4 Å². The number of rotatable bonds is 80. The van der Waals surface area contributed by atoms with Crippen LogP contribution in [0.5, 0.6) is 0 Å². The number of esters is 4. The highest BCUT2D eigenvalue weighted by atomic mass is 31.2. The molecular formula is C81H158O17P2. The van der Waals surface area contributed by atoms with Crippen LogP contribution in [0.4, 0.5) is 0 Å². The fourth-order valence-electron chi connectivity index (χ4n) is 12.5. The maximum Gasteiger partial charge on any atom is 0.472 e. The van der Waals surface area contributed by atoms with Crippen molar-refractivity contribution < 1.29 is 80.2 Å². The molecule has 5 atom stereocenters. The van der Waals surface area contributed by atoms with Crippen LogP contribution in [-0.2, 0) is 65.4 Å². The second-order valence-electron chi connectivity index (χ2n) is 30.1. The maximum atomic E-state index is 13.1. The third kappa shape index (κ3) is 74.3. The van der Waals surface area contributed by atoms with Crippen LogP contribution in [0.25, 0.3) is 0 Å². The van der Waals surface area contributed by atoms with Gasteiger partial charge in [-0.2, -0.15) is 0 Å². The molecule has 0 saturated heterocycles. The fraction of sp³-hybridized carbons (Fsp3) is 0.951. The maximum absolute atomic E-state index is 13.1. The van der Waals surface area contributed by atoms with E-state index in [2.05, 4.69) is 41.5 Å². The molecule has 2 unspecified atom stereocenters. The van der Waals surface area contributed by atoms with Crippen molar-refractivity contribution in [2.24, 2.45) is 11.8 Å². The molecule has 0 aromatic carbocycles. The normalized spacial score (nSPS) is 13.9. The lowest BCUT2D eigenvalue weighted by Gasteiger charge is -2.21. The van der Waals surface area contributed by atoms with Gasteiger partial charge in [-0.3, -0.25) is 37.3 Å². The molecule has 0 fully saturated rings. The van der Waals surface area contributed by atoms with Crippen LogP contribution in [0.2, 0.25) is 0 Å². The average molecular weight is 1470 g/mol. The summed E-state index contributed by atoms with van der Waals surface area (Å²) in [4.78, 5) is 73.0. The van der Waals surface area contributed by atoms with Crippen molar-refractivity contribution in [3.63, 3.8) is 0 Å². The molecule has 0 aliphatic heterocycles. The van der Waals surface area contributed by atoms with Gasteiger partial charge in [0.25, 0.3) is 0 Å². The third-order valence-electron chi connectivity index (χ3n) is 19.0. The van der Waals surface area contributed by atoms with Crippen molar-refractivity contribution in [2.75, 3.05) is 39.6 Å². The molecule has 0 aromatic heterocycles. The Balaban J connectivity index is 5.22. The summed E-state index contributed by atoms with van der Waals surface area (Å²) in [6.07, 6.45) is 62.6. The Hall–Kier alpha value is -1.94. The van der Waals surface area contributed by atoms with Crippen LogP contribution in [0.1, 0.15) is 427 Å². The van der Waals surface area contributed by atoms with E-state index in [-0.39, 0.29) is 25.7 Å². The molecule has 0 bridgehead atoms. The van der Waals surface area contributed by atoms with Gasteiger partial charge in [0.1, 0.15) is 19.3 Å². The highest BCUT2D eigenvalue weighted by Crippen LogP contribution is 2.45. The van der Waals surface area contributed by atoms with Gasteiger partial charge >= 0.3 is 39.5 Å². The van der Waals surface area contributed by atoms with E-state index in [0.29, 0.717) is 31.6 Å². The largest absolute Gasteiger partial charge is 0.472 e. The fourth-order valence-corrected chi connectivity index (χ4v) is 14.1. The van der Waals surface area contributed by atoms with Crippen molar-refractivity contribution >= 4 is 39.5 Å². The lowest BCUT2D eigenvalue weighted by atomic mass is 10.0. The Morgan fingerprint density at radius 1 is 0.270 bits per heavy atom. The Kier molecular flexibility index (Phi) is 71.2. The first kappa shape index (κ1) is 98.1. The summed E-state index contributed by atoms with van der Waals surface area (Å²) in [5.74, 6) is -0.644. The van der Waals surface area contributed by atoms with Crippen LogP contribution in [-0.4, -0.2) is 96.7 Å². The van der Waals surface area contributed by atoms with E-state index < -0.39 is 97.5 Å². The Labute approximate surface area is 613 Å². The van der Waals surface area contributed by atoms with E-state index in [0.717, 1.165) is 102 Å². The number of carbonyl (C=O) groups excluding carboxylic acids is 4. The predicted molar refractivity (Wildman–Crippen MR) is 409 cm³/mol. The van der Waals surface area contributed by atoms with E-state index in [1.54, 1.807) is 0 Å². The van der Waals surface area contributed by atoms with Crippen molar-refractivity contribution in [1.82, 2.24) is 0 Å². The number of unbranched alkanes of at least 4 members (excludes halogenated alkanes) is 50. The summed E-state index contributed by atoms with van der Waals surface area (Å²) >= 11 is 0. The zero-order valence-electron chi connectivity index (χ0n) is 65.5. The van der Waals surface area contributed by atoms with Gasteiger partial charge in [-0.1, -0.05) is 375 Å². The van der Waals surface area contributed by atoms with Crippen LogP contribution < -0.4 is 0 Å². The molecule has 0 radical (unpaired) electrons. The smallest absolute Gasteiger partial charge is 0.462 e. The molecule has 0 aliphatic rings. The standard InChI is InChI=1S/C81H158O17P2/c1-7-9-11-13-15-17-19-21-23-25-27-29-33-37-41-45-53-59-65-80(85)97-76(69-91-78(83)63-57-51-44-40-36-32-28-26-24-22-20-18-16-14-12-10-8-2)71-95-99(87,88)93-67-75(82)68-94-100(89,90)96-72-77(70-92-79(84)64-58-52-48-47-50-56-62-74(5)6)98-81(86)66-60-54-46-42-38-34-30-31-35-39-43-49-55-61-73(3)4/h73-77,82H,7-72H2,1-6H3,(H,87,88)(H,89,90)/t75-,76-,77-/m1/s1. The third-order valence-corrected chi connectivity index (χ3v) is 20.9. The molecular weight excluding hydrogens is 1310 g/mol. The number of ether oxygens (including phenoxy) is 4. The summed E-state index contributed by atoms with van der Waals surface area (Å²) in [7, 11) is -9.92. The molecule has 19 heteroatoms. The number of phosphoric ester groups is 2. The highest BCUT2D eigenvalue weighted by Gasteiger charge is 2.30. The predicted octanol–water partition coefficient (Wildman–Crippen LogP) is 24.3. The minimum Gasteiger partial charge on any atom is -0.462 e. The monoisotopic (exact) mass is 1470 g/mol. The van der Waals surface area contributed by atoms with E-state index in [1.165, 1.54) is 238 Å². The van der Waals surface area contributed by atoms with E-state index in [9.17, 15) is 43.2 Å². The first-order valence-corrected chi connectivity index (χ1v) is 45.0. The lowest BCUT2D eigenvalue weighted by Crippen LogP contribution is -2.30. The minimum absolute atomic E-state index is 0.106. The molecule has 0 amide bonds. The van der Waals surface area contributed by atoms with Crippen molar-refractivity contribution in [3.05, 3.63) is 0 Å². The lowest BCUT2D eigenvalue weighted by molar-refractivity contribution is -0.161. The van der Waals surface area contributed by atoms with E-state index in [1.807, 2.05) is 0 Å². The molecule has 594 valence electrons. The van der Waals surface area contributed by atoms with E-state index >= 15 is 0 Å². The number of hydrogen-bond acceptors (Lipinski definition) is 15. The van der Waals surface area contributed by atoms with Crippen LogP contribution in [0.3, 0.4) is 0 Å². The molecule has 0 aliphatic carbocycles. The quantitative estimate of drug-likeness (QED) is 0.0222. The van der Waals surface area contributed by atoms with Crippen LogP contribution in [0.15, 0.2) is 0 Å². The van der Waals surface area contributed by atoms with Gasteiger partial charge in [-0.25, -0.2) is 9.13 Å². The van der Waals surface area contributed by atoms with Crippen molar-refractivity contribution in [1.29, 1.82) is 0 Å². The van der Waals surface area contributed by atoms with Gasteiger partial charge < -0.3 is 33.8 Å². The van der Waals surface area contributed by atoms with E-state index in [4.69, 9.17) is 37.0 Å². The SMILES string of the molecule is CCCCCCCCCCCCCCCCCCCCC(=O)O[C@H](COC(=O)CCCCCCCCCCCCCCCCCCC)COP(=O)(O)OC[C@@H](O)COP(=O)(O)OC[C@@H](COC(=O)CCCCCCCCC(C)C)OC(=O)CCCCCCCCCCCCCCCC(C)C. The average Bonchev–Trinajstić information content (AvgIpc) is 0.933. The van der Waals surface area contributed by atoms with Gasteiger partial charge in [-0.15, -0.1) is 0 Å². The summed E-state index contributed by atoms with van der Waals surface area (Å²) in [5, 5.41) is 10.6. The number of aliphatic hydroxyl groups is 1. The zero-order valence-corrected chi connectivity index (χ0v) is 67.3. The van der Waals surface area contributed by atoms with Crippen LogP contribution in [0, 0.1) is 11.8 Å². The topological polar surface area (TPSA) is 237 Å². The summed E-state index contributed by atoms with van der Waals surface area (Å²) < 4.78 is 68.7. The first-order valence-electron chi connectivity index (χ1n) is 42.0. The molecule has 0 saturated carbocycles. The number of phosphoric acid groups is 2. The molecule has 0 rings (SSSR count). The summed E-state index contributed by atoms with van der Waals surface area (Å²) in [6.45, 7) is 9.57. The molecule has 17 nitrogen and oxygen atoms in total. The summed E-state index contributed by atoms with van der Waals surface area (Å²) in [5.41, 5.74) is 0. The number of aliphatic hydroxyl groups excluding tert-OH is 1. The molecule has 0 spiro atoms. The molecule has 0 heterocycles. The highest BCUT2D eigenvalue weighted by molar-refractivity contribution is 7.47. The minimum atomic E-state index is -4.96. The Bertz CT molecular complexity index is 1920.